The van der Waals surface area contributed by atoms with Gasteiger partial charge in [0.1, 0.15) is 6.04 Å². The van der Waals surface area contributed by atoms with E-state index in [1.54, 1.807) is 0 Å². The van der Waals surface area contributed by atoms with Crippen LogP contribution in [0.4, 0.5) is 0 Å². The molecule has 0 aromatic rings. The highest BCUT2D eigenvalue weighted by Gasteiger charge is 2.31. The fraction of sp³-hybridized carbons (Fsp3) is 0.933. The van der Waals surface area contributed by atoms with Crippen molar-refractivity contribution < 1.29 is 9.53 Å². The van der Waals surface area contributed by atoms with Crippen LogP contribution >= 0.6 is 0 Å². The van der Waals surface area contributed by atoms with Crippen molar-refractivity contribution in [3.05, 3.63) is 0 Å². The van der Waals surface area contributed by atoms with Gasteiger partial charge in [0, 0.05) is 19.1 Å². The van der Waals surface area contributed by atoms with E-state index < -0.39 is 0 Å². The van der Waals surface area contributed by atoms with Gasteiger partial charge in [0.15, 0.2) is 0 Å². The molecule has 4 heteroatoms. The molecule has 2 aliphatic rings. The molecule has 0 aromatic heterocycles. The third kappa shape index (κ3) is 4.77. The van der Waals surface area contributed by atoms with E-state index in [4.69, 9.17) is 4.74 Å². The van der Waals surface area contributed by atoms with Gasteiger partial charge in [-0.05, 0) is 45.1 Å². The second kappa shape index (κ2) is 7.25. The van der Waals surface area contributed by atoms with Crippen LogP contribution in [-0.2, 0) is 9.53 Å². The largest absolute Gasteiger partial charge is 0.465 e. The number of ether oxygens (including phenoxy) is 1. The van der Waals surface area contributed by atoms with Gasteiger partial charge in [0.25, 0.3) is 0 Å². The first-order chi connectivity index (χ1) is 9.22. The molecule has 2 fully saturated rings. The standard InChI is InChI=1S/C15H28N2O2/c1-3-17(10-12-6-5-7-12)11-14(15(18)19-4-2)16-13-8-9-13/h12-14,16H,3-11H2,1-2H3. The van der Waals surface area contributed by atoms with Crippen molar-refractivity contribution in [1.29, 1.82) is 0 Å². The topological polar surface area (TPSA) is 41.6 Å². The van der Waals surface area contributed by atoms with Crippen LogP contribution in [0.15, 0.2) is 0 Å². The highest BCUT2D eigenvalue weighted by Crippen LogP contribution is 2.27. The summed E-state index contributed by atoms with van der Waals surface area (Å²) in [5.74, 6) is 0.769. The molecule has 0 radical (unpaired) electrons. The lowest BCUT2D eigenvalue weighted by Crippen LogP contribution is -2.49. The Kier molecular flexibility index (Phi) is 5.64. The van der Waals surface area contributed by atoms with Crippen molar-refractivity contribution in [2.75, 3.05) is 26.2 Å². The molecule has 19 heavy (non-hydrogen) atoms. The minimum atomic E-state index is -0.146. The van der Waals surface area contributed by atoms with Crippen LogP contribution in [0.5, 0.6) is 0 Å². The van der Waals surface area contributed by atoms with E-state index in [0.717, 1.165) is 25.6 Å². The minimum Gasteiger partial charge on any atom is -0.465 e. The third-order valence-corrected chi connectivity index (χ3v) is 4.21. The van der Waals surface area contributed by atoms with Gasteiger partial charge in [0.05, 0.1) is 6.61 Å². The van der Waals surface area contributed by atoms with Crippen LogP contribution in [0.2, 0.25) is 0 Å². The molecule has 1 N–H and O–H groups in total. The molecule has 0 aromatic carbocycles. The molecule has 0 aliphatic heterocycles. The molecule has 0 spiro atoms. The van der Waals surface area contributed by atoms with Gasteiger partial charge < -0.3 is 15.0 Å². The SMILES string of the molecule is CCOC(=O)C(CN(CC)CC1CCC1)NC1CC1. The normalized spacial score (nSPS) is 21.2. The number of hydrogen-bond donors (Lipinski definition) is 1. The Morgan fingerprint density at radius 2 is 2.05 bits per heavy atom. The fourth-order valence-electron chi connectivity index (χ4n) is 2.60. The quantitative estimate of drug-likeness (QED) is 0.647. The summed E-state index contributed by atoms with van der Waals surface area (Å²) in [4.78, 5) is 14.4. The second-order valence-electron chi connectivity index (χ2n) is 5.89. The van der Waals surface area contributed by atoms with Crippen molar-refractivity contribution in [3.8, 4) is 0 Å². The average molecular weight is 268 g/mol. The third-order valence-electron chi connectivity index (χ3n) is 4.21. The molecule has 0 saturated heterocycles. The van der Waals surface area contributed by atoms with Gasteiger partial charge in [-0.2, -0.15) is 0 Å². The van der Waals surface area contributed by atoms with E-state index in [0.29, 0.717) is 12.6 Å². The molecule has 1 unspecified atom stereocenters. The summed E-state index contributed by atoms with van der Waals surface area (Å²) in [6.07, 6.45) is 6.49. The van der Waals surface area contributed by atoms with Gasteiger partial charge in [0.2, 0.25) is 0 Å². The van der Waals surface area contributed by atoms with E-state index in [9.17, 15) is 4.79 Å². The number of nitrogens with zero attached hydrogens (tertiary/aromatic N) is 1. The maximum Gasteiger partial charge on any atom is 0.324 e. The van der Waals surface area contributed by atoms with Gasteiger partial charge in [-0.15, -0.1) is 0 Å². The number of carbonyl (C=O) groups is 1. The number of hydrogen-bond acceptors (Lipinski definition) is 4. The summed E-state index contributed by atoms with van der Waals surface area (Å²) in [6.45, 7) is 7.46. The molecule has 2 saturated carbocycles. The van der Waals surface area contributed by atoms with E-state index in [2.05, 4.69) is 17.1 Å². The molecule has 110 valence electrons. The maximum absolute atomic E-state index is 12.0. The van der Waals surface area contributed by atoms with Crippen LogP contribution in [-0.4, -0.2) is 49.2 Å². The highest BCUT2D eigenvalue weighted by atomic mass is 16.5. The number of esters is 1. The van der Waals surface area contributed by atoms with Gasteiger partial charge in [-0.3, -0.25) is 4.79 Å². The zero-order valence-corrected chi connectivity index (χ0v) is 12.4. The molecule has 0 amide bonds. The smallest absolute Gasteiger partial charge is 0.324 e. The fourth-order valence-corrected chi connectivity index (χ4v) is 2.60. The second-order valence-corrected chi connectivity index (χ2v) is 5.89. The summed E-state index contributed by atoms with van der Waals surface area (Å²) >= 11 is 0. The van der Waals surface area contributed by atoms with Crippen molar-refractivity contribution in [1.82, 2.24) is 10.2 Å². The van der Waals surface area contributed by atoms with Crippen molar-refractivity contribution in [2.24, 2.45) is 5.92 Å². The molecule has 0 heterocycles. The lowest BCUT2D eigenvalue weighted by Gasteiger charge is -2.33. The van der Waals surface area contributed by atoms with E-state index in [-0.39, 0.29) is 12.0 Å². The first kappa shape index (κ1) is 14.8. The Balaban J connectivity index is 1.82. The molecule has 2 aliphatic carbocycles. The summed E-state index contributed by atoms with van der Waals surface area (Å²) in [6, 6.07) is 0.393. The Morgan fingerprint density at radius 3 is 2.53 bits per heavy atom. The van der Waals surface area contributed by atoms with Crippen molar-refractivity contribution in [2.45, 2.75) is 58.0 Å². The van der Waals surface area contributed by atoms with E-state index in [1.807, 2.05) is 6.92 Å². The van der Waals surface area contributed by atoms with E-state index >= 15 is 0 Å². The number of likely N-dealkylation sites (N-methyl/N-ethyl adjacent to an activating group) is 1. The van der Waals surface area contributed by atoms with Crippen molar-refractivity contribution in [3.63, 3.8) is 0 Å². The summed E-state index contributed by atoms with van der Waals surface area (Å²) < 4.78 is 5.20. The number of carbonyl (C=O) groups excluding carboxylic acids is 1. The summed E-state index contributed by atoms with van der Waals surface area (Å²) in [5.41, 5.74) is 0. The Labute approximate surface area is 116 Å². The van der Waals surface area contributed by atoms with E-state index in [1.165, 1.54) is 32.1 Å². The summed E-state index contributed by atoms with van der Waals surface area (Å²) in [5, 5.41) is 3.43. The first-order valence-corrected chi connectivity index (χ1v) is 7.88. The predicted molar refractivity (Wildman–Crippen MR) is 76.0 cm³/mol. The summed E-state index contributed by atoms with van der Waals surface area (Å²) in [7, 11) is 0. The van der Waals surface area contributed by atoms with Crippen LogP contribution in [0.1, 0.15) is 46.0 Å². The Morgan fingerprint density at radius 1 is 1.32 bits per heavy atom. The van der Waals surface area contributed by atoms with Crippen LogP contribution in [0.3, 0.4) is 0 Å². The Hall–Kier alpha value is -0.610. The molecular weight excluding hydrogens is 240 g/mol. The number of nitrogens with one attached hydrogen (secondary N) is 1. The van der Waals surface area contributed by atoms with Crippen LogP contribution < -0.4 is 5.32 Å². The molecular formula is C15H28N2O2. The van der Waals surface area contributed by atoms with Crippen molar-refractivity contribution >= 4 is 5.97 Å². The lowest BCUT2D eigenvalue weighted by atomic mass is 9.85. The zero-order valence-electron chi connectivity index (χ0n) is 12.4. The van der Waals surface area contributed by atoms with Crippen LogP contribution in [0, 0.1) is 5.92 Å². The van der Waals surface area contributed by atoms with Gasteiger partial charge >= 0.3 is 5.97 Å². The lowest BCUT2D eigenvalue weighted by molar-refractivity contribution is -0.146. The van der Waals surface area contributed by atoms with Gasteiger partial charge in [-0.25, -0.2) is 0 Å². The van der Waals surface area contributed by atoms with Gasteiger partial charge in [-0.1, -0.05) is 13.3 Å². The zero-order chi connectivity index (χ0) is 13.7. The monoisotopic (exact) mass is 268 g/mol. The molecule has 1 atom stereocenters. The predicted octanol–water partition coefficient (Wildman–Crippen LogP) is 1.79. The molecule has 0 bridgehead atoms. The highest BCUT2D eigenvalue weighted by molar-refractivity contribution is 5.76. The maximum atomic E-state index is 12.0. The Bertz CT molecular complexity index is 288. The minimum absolute atomic E-state index is 0.0820. The van der Waals surface area contributed by atoms with Crippen LogP contribution in [0.25, 0.3) is 0 Å². The molecule has 4 nitrogen and oxygen atoms in total. The first-order valence-electron chi connectivity index (χ1n) is 7.88. The molecule has 2 rings (SSSR count). The number of rotatable bonds is 9. The average Bonchev–Trinajstić information content (AvgIpc) is 3.14.